The van der Waals surface area contributed by atoms with Gasteiger partial charge in [-0.2, -0.15) is 0 Å². The summed E-state index contributed by atoms with van der Waals surface area (Å²) in [5, 5.41) is 6.37. The molecule has 4 nitrogen and oxygen atoms in total. The molecule has 1 heterocycles. The Morgan fingerprint density at radius 2 is 2.04 bits per heavy atom. The van der Waals surface area contributed by atoms with Gasteiger partial charge in [-0.3, -0.25) is 9.78 Å². The first kappa shape index (κ1) is 16.6. The topological polar surface area (TPSA) is 54.0 Å². The third-order valence-electron chi connectivity index (χ3n) is 4.56. The van der Waals surface area contributed by atoms with E-state index in [2.05, 4.69) is 15.6 Å². The number of hydrogen-bond donors (Lipinski definition) is 2. The van der Waals surface area contributed by atoms with E-state index >= 15 is 0 Å². The normalized spacial score (nSPS) is 20.6. The molecule has 0 aliphatic heterocycles. The predicted molar refractivity (Wildman–Crippen MR) is 92.2 cm³/mol. The summed E-state index contributed by atoms with van der Waals surface area (Å²) in [6.07, 6.45) is 5.80. The second kappa shape index (κ2) is 7.53. The number of carbonyl (C=O) groups excluding carboxylic acids is 1. The number of aromatic nitrogens is 1. The Morgan fingerprint density at radius 1 is 1.21 bits per heavy atom. The van der Waals surface area contributed by atoms with Gasteiger partial charge < -0.3 is 10.6 Å². The highest BCUT2D eigenvalue weighted by atomic mass is 19.1. The summed E-state index contributed by atoms with van der Waals surface area (Å²) in [4.78, 5) is 16.7. The Labute approximate surface area is 141 Å². The van der Waals surface area contributed by atoms with E-state index in [4.69, 9.17) is 0 Å². The third kappa shape index (κ3) is 3.97. The van der Waals surface area contributed by atoms with Crippen molar-refractivity contribution < 1.29 is 9.18 Å². The van der Waals surface area contributed by atoms with Gasteiger partial charge in [-0.1, -0.05) is 12.1 Å². The fourth-order valence-electron chi connectivity index (χ4n) is 3.20. The fraction of sp³-hybridized carbons (Fsp3) is 0.368. The van der Waals surface area contributed by atoms with Crippen molar-refractivity contribution in [3.05, 3.63) is 54.0 Å². The fourth-order valence-corrected chi connectivity index (χ4v) is 3.20. The molecule has 1 aromatic carbocycles. The Bertz CT molecular complexity index is 702. The zero-order chi connectivity index (χ0) is 16.9. The maximum atomic E-state index is 13.3. The SMILES string of the molecule is CN[C@H]1CCC[C@H](NC(=O)c2ccc(-c3cccc(F)c3)nc2)C1. The van der Waals surface area contributed by atoms with E-state index in [9.17, 15) is 9.18 Å². The largest absolute Gasteiger partial charge is 0.349 e. The number of nitrogens with one attached hydrogen (secondary N) is 2. The average Bonchev–Trinajstić information content (AvgIpc) is 2.62. The predicted octanol–water partition coefficient (Wildman–Crippen LogP) is 3.15. The molecule has 2 aromatic rings. The van der Waals surface area contributed by atoms with Crippen LogP contribution < -0.4 is 10.6 Å². The van der Waals surface area contributed by atoms with Crippen molar-refractivity contribution in [1.29, 1.82) is 0 Å². The van der Waals surface area contributed by atoms with Crippen LogP contribution in [0, 0.1) is 5.82 Å². The summed E-state index contributed by atoms with van der Waals surface area (Å²) >= 11 is 0. The van der Waals surface area contributed by atoms with Gasteiger partial charge >= 0.3 is 0 Å². The Balaban J connectivity index is 1.65. The summed E-state index contributed by atoms with van der Waals surface area (Å²) < 4.78 is 13.3. The van der Waals surface area contributed by atoms with Crippen molar-refractivity contribution in [1.82, 2.24) is 15.6 Å². The number of pyridine rings is 1. The molecule has 2 N–H and O–H groups in total. The minimum absolute atomic E-state index is 0.102. The van der Waals surface area contributed by atoms with Crippen LogP contribution >= 0.6 is 0 Å². The quantitative estimate of drug-likeness (QED) is 0.907. The highest BCUT2D eigenvalue weighted by Crippen LogP contribution is 2.20. The number of amides is 1. The number of halogens is 1. The van der Waals surface area contributed by atoms with Gasteiger partial charge in [0, 0.05) is 23.8 Å². The number of benzene rings is 1. The number of carbonyl (C=O) groups is 1. The van der Waals surface area contributed by atoms with Crippen molar-refractivity contribution in [2.75, 3.05) is 7.05 Å². The maximum absolute atomic E-state index is 13.3. The first-order chi connectivity index (χ1) is 11.7. The molecule has 1 saturated carbocycles. The summed E-state index contributed by atoms with van der Waals surface area (Å²) in [7, 11) is 1.96. The van der Waals surface area contributed by atoms with Crippen LogP contribution in [-0.2, 0) is 0 Å². The van der Waals surface area contributed by atoms with Crippen LogP contribution in [0.4, 0.5) is 4.39 Å². The van der Waals surface area contributed by atoms with E-state index in [-0.39, 0.29) is 17.8 Å². The van der Waals surface area contributed by atoms with E-state index < -0.39 is 0 Å². The lowest BCUT2D eigenvalue weighted by Crippen LogP contribution is -2.43. The van der Waals surface area contributed by atoms with Crippen LogP contribution in [-0.4, -0.2) is 30.0 Å². The molecular formula is C19H22FN3O. The Morgan fingerprint density at radius 3 is 2.75 bits per heavy atom. The Hall–Kier alpha value is -2.27. The van der Waals surface area contributed by atoms with Gasteiger partial charge in [0.05, 0.1) is 11.3 Å². The first-order valence-electron chi connectivity index (χ1n) is 8.36. The lowest BCUT2D eigenvalue weighted by atomic mass is 9.91. The lowest BCUT2D eigenvalue weighted by molar-refractivity contribution is 0.0923. The zero-order valence-electron chi connectivity index (χ0n) is 13.8. The molecule has 0 radical (unpaired) electrons. The Kier molecular flexibility index (Phi) is 5.20. The van der Waals surface area contributed by atoms with Gasteiger partial charge in [0.15, 0.2) is 0 Å². The molecule has 126 valence electrons. The van der Waals surface area contributed by atoms with Gasteiger partial charge in [-0.15, -0.1) is 0 Å². The molecule has 0 unspecified atom stereocenters. The van der Waals surface area contributed by atoms with Crippen molar-refractivity contribution in [2.24, 2.45) is 0 Å². The second-order valence-corrected chi connectivity index (χ2v) is 6.27. The summed E-state index contributed by atoms with van der Waals surface area (Å²) in [5.74, 6) is -0.400. The zero-order valence-corrected chi connectivity index (χ0v) is 13.8. The van der Waals surface area contributed by atoms with Crippen LogP contribution in [0.25, 0.3) is 11.3 Å². The molecule has 1 amide bonds. The minimum Gasteiger partial charge on any atom is -0.349 e. The van der Waals surface area contributed by atoms with E-state index in [0.29, 0.717) is 22.9 Å². The molecule has 1 aliphatic carbocycles. The van der Waals surface area contributed by atoms with E-state index in [1.807, 2.05) is 7.05 Å². The van der Waals surface area contributed by atoms with Gasteiger partial charge in [0.2, 0.25) is 0 Å². The minimum atomic E-state index is -0.299. The van der Waals surface area contributed by atoms with E-state index in [1.165, 1.54) is 12.1 Å². The van der Waals surface area contributed by atoms with Gasteiger partial charge in [-0.25, -0.2) is 4.39 Å². The molecule has 0 saturated heterocycles. The molecular weight excluding hydrogens is 305 g/mol. The molecule has 1 fully saturated rings. The highest BCUT2D eigenvalue weighted by molar-refractivity contribution is 5.94. The molecule has 2 atom stereocenters. The van der Waals surface area contributed by atoms with Crippen molar-refractivity contribution in [3.63, 3.8) is 0 Å². The lowest BCUT2D eigenvalue weighted by Gasteiger charge is -2.29. The molecule has 1 aromatic heterocycles. The second-order valence-electron chi connectivity index (χ2n) is 6.27. The van der Waals surface area contributed by atoms with Gasteiger partial charge in [0.25, 0.3) is 5.91 Å². The molecule has 3 rings (SSSR count). The van der Waals surface area contributed by atoms with Crippen LogP contribution in [0.2, 0.25) is 0 Å². The number of rotatable bonds is 4. The summed E-state index contributed by atoms with van der Waals surface area (Å²) in [6.45, 7) is 0. The van der Waals surface area contributed by atoms with Gasteiger partial charge in [0.1, 0.15) is 5.82 Å². The van der Waals surface area contributed by atoms with Crippen molar-refractivity contribution >= 4 is 5.91 Å². The van der Waals surface area contributed by atoms with Crippen LogP contribution in [0.5, 0.6) is 0 Å². The van der Waals surface area contributed by atoms with E-state index in [1.54, 1.807) is 30.5 Å². The summed E-state index contributed by atoms with van der Waals surface area (Å²) in [5.41, 5.74) is 1.88. The highest BCUT2D eigenvalue weighted by Gasteiger charge is 2.22. The van der Waals surface area contributed by atoms with Crippen LogP contribution in [0.3, 0.4) is 0 Å². The molecule has 1 aliphatic rings. The first-order valence-corrected chi connectivity index (χ1v) is 8.36. The van der Waals surface area contributed by atoms with Crippen molar-refractivity contribution in [3.8, 4) is 11.3 Å². The van der Waals surface area contributed by atoms with Crippen LogP contribution in [0.15, 0.2) is 42.6 Å². The average molecular weight is 327 g/mol. The van der Waals surface area contributed by atoms with Crippen LogP contribution in [0.1, 0.15) is 36.0 Å². The number of hydrogen-bond acceptors (Lipinski definition) is 3. The van der Waals surface area contributed by atoms with Crippen molar-refractivity contribution in [2.45, 2.75) is 37.8 Å². The molecule has 0 spiro atoms. The van der Waals surface area contributed by atoms with Gasteiger partial charge in [-0.05, 0) is 57.0 Å². The third-order valence-corrected chi connectivity index (χ3v) is 4.56. The monoisotopic (exact) mass is 327 g/mol. The molecule has 0 bridgehead atoms. The summed E-state index contributed by atoms with van der Waals surface area (Å²) in [6, 6.07) is 10.4. The maximum Gasteiger partial charge on any atom is 0.253 e. The standard InChI is InChI=1S/C19H22FN3O/c1-21-16-6-3-7-17(11-16)23-19(24)14-8-9-18(22-12-14)13-4-2-5-15(20)10-13/h2,4-5,8-10,12,16-17,21H,3,6-7,11H2,1H3,(H,23,24)/t16-,17-/m0/s1. The smallest absolute Gasteiger partial charge is 0.253 e. The molecule has 24 heavy (non-hydrogen) atoms. The number of nitrogens with zero attached hydrogens (tertiary/aromatic N) is 1. The van der Waals surface area contributed by atoms with E-state index in [0.717, 1.165) is 25.7 Å². The molecule has 5 heteroatoms.